The van der Waals surface area contributed by atoms with E-state index in [2.05, 4.69) is 28.9 Å². The highest BCUT2D eigenvalue weighted by atomic mass is 32.1. The third-order valence-corrected chi connectivity index (χ3v) is 4.19. The molecule has 1 aromatic heterocycles. The standard InChI is InChI=1S/C16H14FNOS/c1-10(14-9-12(17)2-4-15(14)19)18-13-3-5-16-11(8-13)6-7-20-16/h2-10,18-19H,1H3. The minimum absolute atomic E-state index is 0.100. The molecule has 3 aromatic rings. The number of fused-ring (bicyclic) bond motifs is 1. The van der Waals surface area contributed by atoms with Crippen LogP contribution in [-0.2, 0) is 0 Å². The van der Waals surface area contributed by atoms with Crippen LogP contribution in [0.2, 0.25) is 0 Å². The number of thiophene rings is 1. The van der Waals surface area contributed by atoms with Crippen molar-refractivity contribution in [3.05, 3.63) is 59.2 Å². The summed E-state index contributed by atoms with van der Waals surface area (Å²) in [4.78, 5) is 0. The Labute approximate surface area is 120 Å². The van der Waals surface area contributed by atoms with E-state index in [4.69, 9.17) is 0 Å². The average molecular weight is 287 g/mol. The van der Waals surface area contributed by atoms with Crippen molar-refractivity contribution in [2.75, 3.05) is 5.32 Å². The number of phenols is 1. The van der Waals surface area contributed by atoms with E-state index in [9.17, 15) is 9.50 Å². The molecule has 0 aliphatic heterocycles. The van der Waals surface area contributed by atoms with Crippen LogP contribution < -0.4 is 5.32 Å². The molecule has 1 atom stereocenters. The molecule has 2 aromatic carbocycles. The first-order valence-electron chi connectivity index (χ1n) is 6.36. The number of nitrogens with one attached hydrogen (secondary N) is 1. The maximum absolute atomic E-state index is 13.3. The Kier molecular flexibility index (Phi) is 3.32. The van der Waals surface area contributed by atoms with Gasteiger partial charge in [-0.05, 0) is 60.2 Å². The highest BCUT2D eigenvalue weighted by Crippen LogP contribution is 2.29. The first-order valence-corrected chi connectivity index (χ1v) is 7.23. The quantitative estimate of drug-likeness (QED) is 0.716. The fourth-order valence-electron chi connectivity index (χ4n) is 2.26. The van der Waals surface area contributed by atoms with Crippen molar-refractivity contribution in [3.63, 3.8) is 0 Å². The lowest BCUT2D eigenvalue weighted by Gasteiger charge is -2.17. The Balaban J connectivity index is 1.87. The predicted molar refractivity (Wildman–Crippen MR) is 81.9 cm³/mol. The lowest BCUT2D eigenvalue weighted by atomic mass is 10.1. The van der Waals surface area contributed by atoms with Gasteiger partial charge in [-0.25, -0.2) is 4.39 Å². The van der Waals surface area contributed by atoms with Crippen LogP contribution in [0, 0.1) is 5.82 Å². The minimum Gasteiger partial charge on any atom is -0.508 e. The number of aromatic hydroxyl groups is 1. The van der Waals surface area contributed by atoms with E-state index in [0.29, 0.717) is 5.56 Å². The first-order chi connectivity index (χ1) is 9.63. The maximum Gasteiger partial charge on any atom is 0.123 e. The highest BCUT2D eigenvalue weighted by molar-refractivity contribution is 7.17. The molecule has 4 heteroatoms. The number of anilines is 1. The summed E-state index contributed by atoms with van der Waals surface area (Å²) in [5.41, 5.74) is 1.50. The summed E-state index contributed by atoms with van der Waals surface area (Å²) in [6, 6.07) is 12.0. The van der Waals surface area contributed by atoms with Crippen LogP contribution in [-0.4, -0.2) is 5.11 Å². The largest absolute Gasteiger partial charge is 0.508 e. The van der Waals surface area contributed by atoms with Crippen molar-refractivity contribution in [1.29, 1.82) is 0 Å². The molecular formula is C16H14FNOS. The third-order valence-electron chi connectivity index (χ3n) is 3.29. The monoisotopic (exact) mass is 287 g/mol. The van der Waals surface area contributed by atoms with Gasteiger partial charge >= 0.3 is 0 Å². The summed E-state index contributed by atoms with van der Waals surface area (Å²) < 4.78 is 14.5. The van der Waals surface area contributed by atoms with E-state index >= 15 is 0 Å². The number of hydrogen-bond donors (Lipinski definition) is 2. The zero-order valence-electron chi connectivity index (χ0n) is 10.9. The molecule has 0 aliphatic carbocycles. The molecule has 0 spiro atoms. The number of halogens is 1. The van der Waals surface area contributed by atoms with Gasteiger partial charge in [-0.3, -0.25) is 0 Å². The Morgan fingerprint density at radius 1 is 1.15 bits per heavy atom. The molecular weight excluding hydrogens is 273 g/mol. The Morgan fingerprint density at radius 2 is 2.00 bits per heavy atom. The zero-order chi connectivity index (χ0) is 14.1. The molecule has 102 valence electrons. The molecule has 0 saturated heterocycles. The highest BCUT2D eigenvalue weighted by Gasteiger charge is 2.11. The van der Waals surface area contributed by atoms with Gasteiger partial charge in [0.25, 0.3) is 0 Å². The van der Waals surface area contributed by atoms with Gasteiger partial charge in [-0.15, -0.1) is 11.3 Å². The Hall–Kier alpha value is -2.07. The van der Waals surface area contributed by atoms with Gasteiger partial charge in [0, 0.05) is 16.0 Å². The molecule has 0 radical (unpaired) electrons. The summed E-state index contributed by atoms with van der Waals surface area (Å²) >= 11 is 1.70. The van der Waals surface area contributed by atoms with Crippen molar-refractivity contribution in [3.8, 4) is 5.75 Å². The second kappa shape index (κ2) is 5.13. The smallest absolute Gasteiger partial charge is 0.123 e. The van der Waals surface area contributed by atoms with Gasteiger partial charge in [-0.1, -0.05) is 0 Å². The third kappa shape index (κ3) is 2.47. The molecule has 20 heavy (non-hydrogen) atoms. The van der Waals surface area contributed by atoms with E-state index < -0.39 is 0 Å². The van der Waals surface area contributed by atoms with E-state index in [1.165, 1.54) is 28.3 Å². The normalized spacial score (nSPS) is 12.5. The number of hydrogen-bond acceptors (Lipinski definition) is 3. The van der Waals surface area contributed by atoms with Gasteiger partial charge in [0.15, 0.2) is 0 Å². The molecule has 2 nitrogen and oxygen atoms in total. The molecule has 0 saturated carbocycles. The summed E-state index contributed by atoms with van der Waals surface area (Å²) in [6.07, 6.45) is 0. The summed E-state index contributed by atoms with van der Waals surface area (Å²) in [7, 11) is 0. The Bertz CT molecular complexity index is 753. The van der Waals surface area contributed by atoms with Gasteiger partial charge in [0.2, 0.25) is 0 Å². The van der Waals surface area contributed by atoms with Crippen LogP contribution in [0.3, 0.4) is 0 Å². The van der Waals surface area contributed by atoms with E-state index in [1.54, 1.807) is 11.3 Å². The van der Waals surface area contributed by atoms with Gasteiger partial charge < -0.3 is 10.4 Å². The van der Waals surface area contributed by atoms with Crippen molar-refractivity contribution >= 4 is 27.1 Å². The fourth-order valence-corrected chi connectivity index (χ4v) is 3.03. The fraction of sp³-hybridized carbons (Fsp3) is 0.125. The minimum atomic E-state index is -0.347. The SMILES string of the molecule is CC(Nc1ccc2sccc2c1)c1cc(F)ccc1O. The predicted octanol–water partition coefficient (Wildman–Crippen LogP) is 4.92. The lowest BCUT2D eigenvalue weighted by molar-refractivity contribution is 0.462. The molecule has 0 amide bonds. The summed E-state index contributed by atoms with van der Waals surface area (Å²) in [5, 5.41) is 16.3. The second-order valence-corrected chi connectivity index (χ2v) is 5.69. The van der Waals surface area contributed by atoms with Crippen LogP contribution in [0.5, 0.6) is 5.75 Å². The van der Waals surface area contributed by atoms with Crippen molar-refractivity contribution < 1.29 is 9.50 Å². The van der Waals surface area contributed by atoms with E-state index in [-0.39, 0.29) is 17.6 Å². The number of rotatable bonds is 3. The second-order valence-electron chi connectivity index (χ2n) is 4.74. The van der Waals surface area contributed by atoms with Crippen molar-refractivity contribution in [2.45, 2.75) is 13.0 Å². The van der Waals surface area contributed by atoms with Crippen LogP contribution in [0.25, 0.3) is 10.1 Å². The van der Waals surface area contributed by atoms with Crippen LogP contribution >= 0.6 is 11.3 Å². The maximum atomic E-state index is 13.3. The molecule has 2 N–H and O–H groups in total. The molecule has 0 fully saturated rings. The lowest BCUT2D eigenvalue weighted by Crippen LogP contribution is -2.07. The van der Waals surface area contributed by atoms with E-state index in [0.717, 1.165) is 5.69 Å². The molecule has 1 heterocycles. The van der Waals surface area contributed by atoms with E-state index in [1.807, 2.05) is 13.0 Å². The van der Waals surface area contributed by atoms with Gasteiger partial charge in [0.05, 0.1) is 6.04 Å². The van der Waals surface area contributed by atoms with Crippen molar-refractivity contribution in [1.82, 2.24) is 0 Å². The molecule has 0 aliphatic rings. The van der Waals surface area contributed by atoms with Crippen LogP contribution in [0.15, 0.2) is 47.8 Å². The van der Waals surface area contributed by atoms with Crippen LogP contribution in [0.4, 0.5) is 10.1 Å². The first kappa shape index (κ1) is 12.9. The zero-order valence-corrected chi connectivity index (χ0v) is 11.7. The number of benzene rings is 2. The van der Waals surface area contributed by atoms with Crippen molar-refractivity contribution in [2.24, 2.45) is 0 Å². The molecule has 0 bridgehead atoms. The van der Waals surface area contributed by atoms with Gasteiger partial charge in [0.1, 0.15) is 11.6 Å². The van der Waals surface area contributed by atoms with Gasteiger partial charge in [-0.2, -0.15) is 0 Å². The summed E-state index contributed by atoms with van der Waals surface area (Å²) in [6.45, 7) is 1.90. The summed E-state index contributed by atoms with van der Waals surface area (Å²) in [5.74, 6) is -0.247. The van der Waals surface area contributed by atoms with Crippen LogP contribution in [0.1, 0.15) is 18.5 Å². The average Bonchev–Trinajstić information content (AvgIpc) is 2.89. The molecule has 3 rings (SSSR count). The molecule has 1 unspecified atom stereocenters. The topological polar surface area (TPSA) is 32.3 Å². The Morgan fingerprint density at radius 3 is 2.85 bits per heavy atom. The number of phenolic OH excluding ortho intramolecular Hbond substituents is 1.